The topological polar surface area (TPSA) is 71.5 Å². The van der Waals surface area contributed by atoms with Gasteiger partial charge in [-0.3, -0.25) is 14.6 Å². The number of hydrogen-bond donors (Lipinski definition) is 1. The quantitative estimate of drug-likeness (QED) is 0.923. The average molecular weight is 331 g/mol. The van der Waals surface area contributed by atoms with Crippen LogP contribution in [0.2, 0.25) is 0 Å². The molecule has 1 aliphatic heterocycles. The minimum atomic E-state index is -0.519. The van der Waals surface area contributed by atoms with Crippen LogP contribution in [0.3, 0.4) is 0 Å². The Morgan fingerprint density at radius 3 is 2.96 bits per heavy atom. The molecule has 23 heavy (non-hydrogen) atoms. The summed E-state index contributed by atoms with van der Waals surface area (Å²) < 4.78 is 5.86. The first-order valence-electron chi connectivity index (χ1n) is 7.30. The molecule has 0 aliphatic carbocycles. The van der Waals surface area contributed by atoms with Crippen molar-refractivity contribution in [1.29, 1.82) is 0 Å². The first kappa shape index (κ1) is 15.5. The zero-order valence-corrected chi connectivity index (χ0v) is 13.5. The number of amides is 2. The van der Waals surface area contributed by atoms with E-state index in [1.807, 2.05) is 11.4 Å². The summed E-state index contributed by atoms with van der Waals surface area (Å²) in [6, 6.07) is 4.84. The number of pyridine rings is 1. The van der Waals surface area contributed by atoms with Gasteiger partial charge in [0, 0.05) is 25.0 Å². The molecule has 7 heteroatoms. The number of carbonyl (C=O) groups excluding carboxylic acids is 2. The lowest BCUT2D eigenvalue weighted by Crippen LogP contribution is -2.44. The largest absolute Gasteiger partial charge is 0.487 e. The van der Waals surface area contributed by atoms with Crippen molar-refractivity contribution in [3.05, 3.63) is 46.9 Å². The van der Waals surface area contributed by atoms with Crippen LogP contribution >= 0.6 is 11.3 Å². The van der Waals surface area contributed by atoms with Crippen LogP contribution < -0.4 is 10.1 Å². The lowest BCUT2D eigenvalue weighted by Gasteiger charge is -2.22. The zero-order valence-electron chi connectivity index (χ0n) is 12.6. The van der Waals surface area contributed by atoms with Crippen molar-refractivity contribution in [2.45, 2.75) is 18.6 Å². The van der Waals surface area contributed by atoms with Gasteiger partial charge in [-0.05, 0) is 23.6 Å². The molecule has 2 aromatic heterocycles. The third-order valence-corrected chi connectivity index (χ3v) is 4.46. The third-order valence-electron chi connectivity index (χ3n) is 3.78. The summed E-state index contributed by atoms with van der Waals surface area (Å²) in [7, 11) is 1.57. The summed E-state index contributed by atoms with van der Waals surface area (Å²) in [6.07, 6.45) is 3.52. The molecule has 0 radical (unpaired) electrons. The lowest BCUT2D eigenvalue weighted by atomic mass is 10.1. The number of carbonyl (C=O) groups is 2. The van der Waals surface area contributed by atoms with E-state index in [1.165, 1.54) is 11.3 Å². The molecule has 0 saturated carbocycles. The summed E-state index contributed by atoms with van der Waals surface area (Å²) in [5.41, 5.74) is 0.603. The van der Waals surface area contributed by atoms with Gasteiger partial charge in [0.25, 0.3) is 5.91 Å². The van der Waals surface area contributed by atoms with Crippen molar-refractivity contribution < 1.29 is 14.3 Å². The summed E-state index contributed by atoms with van der Waals surface area (Å²) in [6.45, 7) is 0.377. The highest BCUT2D eigenvalue weighted by atomic mass is 32.1. The predicted molar refractivity (Wildman–Crippen MR) is 86.5 cm³/mol. The van der Waals surface area contributed by atoms with Gasteiger partial charge in [-0.1, -0.05) is 0 Å². The number of likely N-dealkylation sites (N-methyl/N-ethyl adjacent to an activating group) is 1. The van der Waals surface area contributed by atoms with E-state index in [-0.39, 0.29) is 17.9 Å². The molecule has 1 fully saturated rings. The number of rotatable bonds is 4. The standard InChI is InChI=1S/C16H17N3O3S/c1-17-15(20)14-7-13(22-12-3-2-5-18-8-12)9-19(14)16(21)11-4-6-23-10-11/h2-6,8,10,13-14H,7,9H2,1H3,(H,17,20)/t13-,14-/m0/s1. The van der Waals surface area contributed by atoms with Crippen molar-refractivity contribution in [2.24, 2.45) is 0 Å². The van der Waals surface area contributed by atoms with Crippen molar-refractivity contribution in [3.8, 4) is 5.75 Å². The highest BCUT2D eigenvalue weighted by molar-refractivity contribution is 7.08. The van der Waals surface area contributed by atoms with E-state index >= 15 is 0 Å². The summed E-state index contributed by atoms with van der Waals surface area (Å²) in [5.74, 6) is 0.320. The molecule has 2 atom stereocenters. The number of aromatic nitrogens is 1. The van der Waals surface area contributed by atoms with Gasteiger partial charge in [-0.15, -0.1) is 0 Å². The molecular weight excluding hydrogens is 314 g/mol. The molecule has 0 aromatic carbocycles. The van der Waals surface area contributed by atoms with E-state index in [0.717, 1.165) is 0 Å². The first-order valence-corrected chi connectivity index (χ1v) is 8.24. The summed E-state index contributed by atoms with van der Waals surface area (Å²) in [5, 5.41) is 6.26. The van der Waals surface area contributed by atoms with E-state index < -0.39 is 6.04 Å². The van der Waals surface area contributed by atoms with Crippen molar-refractivity contribution >= 4 is 23.2 Å². The second kappa shape index (κ2) is 6.78. The Morgan fingerprint density at radius 2 is 2.30 bits per heavy atom. The van der Waals surface area contributed by atoms with Gasteiger partial charge in [0.2, 0.25) is 5.91 Å². The van der Waals surface area contributed by atoms with E-state index in [9.17, 15) is 9.59 Å². The highest BCUT2D eigenvalue weighted by Crippen LogP contribution is 2.25. The molecule has 1 N–H and O–H groups in total. The fourth-order valence-corrected chi connectivity index (χ4v) is 3.31. The Labute approximate surface area is 138 Å². The molecule has 0 spiro atoms. The fourth-order valence-electron chi connectivity index (χ4n) is 2.68. The molecule has 1 aliphatic rings. The van der Waals surface area contributed by atoms with E-state index in [4.69, 9.17) is 4.74 Å². The zero-order chi connectivity index (χ0) is 16.2. The Hall–Kier alpha value is -2.41. The van der Waals surface area contributed by atoms with E-state index in [1.54, 1.807) is 41.9 Å². The first-order chi connectivity index (χ1) is 11.2. The number of nitrogens with one attached hydrogen (secondary N) is 1. The molecular formula is C16H17N3O3S. The predicted octanol–water partition coefficient (Wildman–Crippen LogP) is 1.55. The van der Waals surface area contributed by atoms with E-state index in [2.05, 4.69) is 10.3 Å². The maximum atomic E-state index is 12.6. The van der Waals surface area contributed by atoms with Gasteiger partial charge >= 0.3 is 0 Å². The van der Waals surface area contributed by atoms with Crippen molar-refractivity contribution in [3.63, 3.8) is 0 Å². The number of ether oxygens (including phenoxy) is 1. The second-order valence-electron chi connectivity index (χ2n) is 5.26. The number of nitrogens with zero attached hydrogens (tertiary/aromatic N) is 2. The normalized spacial score (nSPS) is 20.3. The van der Waals surface area contributed by atoms with Crippen LogP contribution in [0, 0.1) is 0 Å². The number of likely N-dealkylation sites (tertiary alicyclic amines) is 1. The summed E-state index contributed by atoms with van der Waals surface area (Å²) in [4.78, 5) is 30.3. The van der Waals surface area contributed by atoms with Gasteiger partial charge in [0.15, 0.2) is 0 Å². The van der Waals surface area contributed by atoms with Crippen LogP contribution in [0.1, 0.15) is 16.8 Å². The Kier molecular flexibility index (Phi) is 4.57. The van der Waals surface area contributed by atoms with Crippen LogP contribution in [-0.4, -0.2) is 47.4 Å². The SMILES string of the molecule is CNC(=O)[C@@H]1C[C@H](Oc2cccnc2)CN1C(=O)c1ccsc1. The molecule has 0 bridgehead atoms. The third kappa shape index (κ3) is 3.34. The molecule has 2 amide bonds. The molecule has 2 aromatic rings. The number of thiophene rings is 1. The molecule has 1 saturated heterocycles. The van der Waals surface area contributed by atoms with Gasteiger partial charge in [-0.25, -0.2) is 0 Å². The second-order valence-corrected chi connectivity index (χ2v) is 6.04. The minimum absolute atomic E-state index is 0.142. The molecule has 120 valence electrons. The van der Waals surface area contributed by atoms with Crippen LogP contribution in [0.25, 0.3) is 0 Å². The fraction of sp³-hybridized carbons (Fsp3) is 0.312. The van der Waals surface area contributed by atoms with Crippen LogP contribution in [-0.2, 0) is 4.79 Å². The minimum Gasteiger partial charge on any atom is -0.487 e. The smallest absolute Gasteiger partial charge is 0.255 e. The summed E-state index contributed by atoms with van der Waals surface area (Å²) >= 11 is 1.46. The van der Waals surface area contributed by atoms with Crippen molar-refractivity contribution in [2.75, 3.05) is 13.6 Å². The van der Waals surface area contributed by atoms with Crippen LogP contribution in [0.5, 0.6) is 5.75 Å². The lowest BCUT2D eigenvalue weighted by molar-refractivity contribution is -0.124. The van der Waals surface area contributed by atoms with Crippen molar-refractivity contribution in [1.82, 2.24) is 15.2 Å². The Bertz CT molecular complexity index is 675. The highest BCUT2D eigenvalue weighted by Gasteiger charge is 2.40. The molecule has 0 unspecified atom stereocenters. The van der Waals surface area contributed by atoms with Crippen LogP contribution in [0.4, 0.5) is 0 Å². The molecule has 3 heterocycles. The van der Waals surface area contributed by atoms with Gasteiger partial charge in [0.05, 0.1) is 18.3 Å². The van der Waals surface area contributed by atoms with Gasteiger partial charge in [0.1, 0.15) is 17.9 Å². The molecule has 6 nitrogen and oxygen atoms in total. The maximum Gasteiger partial charge on any atom is 0.255 e. The number of hydrogen-bond acceptors (Lipinski definition) is 5. The molecule has 3 rings (SSSR count). The van der Waals surface area contributed by atoms with Gasteiger partial charge < -0.3 is 15.0 Å². The maximum absolute atomic E-state index is 12.6. The Balaban J connectivity index is 1.77. The van der Waals surface area contributed by atoms with Crippen LogP contribution in [0.15, 0.2) is 41.4 Å². The average Bonchev–Trinajstić information content (AvgIpc) is 3.24. The monoisotopic (exact) mass is 331 g/mol. The van der Waals surface area contributed by atoms with Gasteiger partial charge in [-0.2, -0.15) is 11.3 Å². The van der Waals surface area contributed by atoms with E-state index in [0.29, 0.717) is 24.3 Å². The Morgan fingerprint density at radius 1 is 1.43 bits per heavy atom.